The second-order valence-corrected chi connectivity index (χ2v) is 7.00. The van der Waals surface area contributed by atoms with Crippen LogP contribution in [0.3, 0.4) is 0 Å². The lowest BCUT2D eigenvalue weighted by atomic mass is 10.1. The van der Waals surface area contributed by atoms with Crippen molar-refractivity contribution < 1.29 is 9.72 Å². The maximum atomic E-state index is 12.7. The van der Waals surface area contributed by atoms with Gasteiger partial charge in [-0.3, -0.25) is 14.9 Å². The van der Waals surface area contributed by atoms with Crippen LogP contribution in [0.4, 0.5) is 11.4 Å². The molecule has 0 saturated heterocycles. The van der Waals surface area contributed by atoms with E-state index in [9.17, 15) is 14.9 Å². The van der Waals surface area contributed by atoms with E-state index in [1.165, 1.54) is 16.8 Å². The van der Waals surface area contributed by atoms with Crippen molar-refractivity contribution >= 4 is 33.2 Å². The van der Waals surface area contributed by atoms with Gasteiger partial charge in [-0.2, -0.15) is 0 Å². The molecule has 1 aromatic heterocycles. The van der Waals surface area contributed by atoms with Crippen LogP contribution in [-0.2, 0) is 0 Å². The monoisotopic (exact) mass is 429 g/mol. The Kier molecular flexibility index (Phi) is 5.04. The number of rotatable bonds is 4. The average molecular weight is 430 g/mol. The topological polar surface area (TPSA) is 103 Å². The number of nitro benzene ring substituents is 1. The highest BCUT2D eigenvalue weighted by Gasteiger charge is 2.20. The van der Waals surface area contributed by atoms with Crippen LogP contribution in [0.1, 0.15) is 27.3 Å². The van der Waals surface area contributed by atoms with Crippen LogP contribution >= 0.6 is 15.9 Å². The number of anilines is 1. The molecule has 2 aromatic carbocycles. The number of aromatic nitrogens is 3. The lowest BCUT2D eigenvalue weighted by Crippen LogP contribution is -2.16. The predicted molar refractivity (Wildman–Crippen MR) is 104 cm³/mol. The molecule has 0 atom stereocenters. The van der Waals surface area contributed by atoms with Gasteiger partial charge in [-0.25, -0.2) is 4.68 Å². The van der Waals surface area contributed by atoms with Crippen molar-refractivity contribution in [3.63, 3.8) is 0 Å². The number of non-ortho nitro benzene ring substituents is 1. The Bertz CT molecular complexity index is 1040. The number of benzene rings is 2. The molecule has 3 aromatic rings. The van der Waals surface area contributed by atoms with Crippen molar-refractivity contribution in [3.8, 4) is 5.69 Å². The molecule has 0 aliphatic heterocycles. The van der Waals surface area contributed by atoms with Crippen molar-refractivity contribution in [1.82, 2.24) is 15.0 Å². The first-order valence-corrected chi connectivity index (χ1v) is 8.82. The molecule has 27 heavy (non-hydrogen) atoms. The van der Waals surface area contributed by atoms with Crippen molar-refractivity contribution in [2.45, 2.75) is 20.8 Å². The minimum atomic E-state index is -0.484. The number of nitrogens with zero attached hydrogens (tertiary/aromatic N) is 4. The Labute approximate surface area is 163 Å². The number of nitro groups is 1. The van der Waals surface area contributed by atoms with Gasteiger partial charge in [0.2, 0.25) is 0 Å². The van der Waals surface area contributed by atoms with E-state index in [1.54, 1.807) is 19.1 Å². The van der Waals surface area contributed by atoms with Gasteiger partial charge in [0.05, 0.1) is 16.3 Å². The third-order valence-corrected chi connectivity index (χ3v) is 4.59. The molecular weight excluding hydrogens is 414 g/mol. The molecule has 0 radical (unpaired) electrons. The van der Waals surface area contributed by atoms with Crippen LogP contribution in [0, 0.1) is 30.9 Å². The van der Waals surface area contributed by atoms with Crippen LogP contribution < -0.4 is 5.32 Å². The lowest BCUT2D eigenvalue weighted by molar-refractivity contribution is -0.384. The van der Waals surface area contributed by atoms with Crippen LogP contribution in [0.5, 0.6) is 0 Å². The Balaban J connectivity index is 1.93. The molecule has 1 N–H and O–H groups in total. The Morgan fingerprint density at radius 3 is 2.48 bits per heavy atom. The SMILES string of the molecule is Cc1cc(Br)cc(C)c1NC(=O)c1nnn(-c2cccc([N+](=O)[O-])c2)c1C. The Hall–Kier alpha value is -3.07. The van der Waals surface area contributed by atoms with Gasteiger partial charge in [-0.1, -0.05) is 27.2 Å². The third-order valence-electron chi connectivity index (χ3n) is 4.13. The fraction of sp³-hybridized carbons (Fsp3) is 0.167. The second kappa shape index (κ2) is 7.28. The number of nitrogens with one attached hydrogen (secondary N) is 1. The number of halogens is 1. The van der Waals surface area contributed by atoms with E-state index in [4.69, 9.17) is 0 Å². The molecule has 0 unspecified atom stereocenters. The summed E-state index contributed by atoms with van der Waals surface area (Å²) in [4.78, 5) is 23.2. The van der Waals surface area contributed by atoms with Crippen molar-refractivity contribution in [2.24, 2.45) is 0 Å². The van der Waals surface area contributed by atoms with E-state index in [0.717, 1.165) is 15.6 Å². The first kappa shape index (κ1) is 18.7. The number of amides is 1. The summed E-state index contributed by atoms with van der Waals surface area (Å²) in [5, 5.41) is 21.8. The van der Waals surface area contributed by atoms with Gasteiger partial charge in [-0.05, 0) is 50.1 Å². The summed E-state index contributed by atoms with van der Waals surface area (Å²) in [5.41, 5.74) is 3.59. The molecule has 9 heteroatoms. The van der Waals surface area contributed by atoms with E-state index in [0.29, 0.717) is 17.1 Å². The predicted octanol–water partition coefficient (Wildman–Crippen LogP) is 4.12. The summed E-state index contributed by atoms with van der Waals surface area (Å²) in [7, 11) is 0. The summed E-state index contributed by atoms with van der Waals surface area (Å²) >= 11 is 3.43. The highest BCUT2D eigenvalue weighted by atomic mass is 79.9. The van der Waals surface area contributed by atoms with Crippen molar-refractivity contribution in [3.05, 3.63) is 73.5 Å². The molecule has 0 bridgehead atoms. The van der Waals surface area contributed by atoms with Crippen LogP contribution in [0.2, 0.25) is 0 Å². The van der Waals surface area contributed by atoms with Gasteiger partial charge in [0.25, 0.3) is 11.6 Å². The zero-order valence-corrected chi connectivity index (χ0v) is 16.4. The zero-order chi connectivity index (χ0) is 19.7. The highest BCUT2D eigenvalue weighted by molar-refractivity contribution is 9.10. The smallest absolute Gasteiger partial charge is 0.278 e. The highest BCUT2D eigenvalue weighted by Crippen LogP contribution is 2.26. The second-order valence-electron chi connectivity index (χ2n) is 6.08. The molecule has 1 heterocycles. The first-order chi connectivity index (χ1) is 12.8. The first-order valence-electron chi connectivity index (χ1n) is 8.03. The standard InChI is InChI=1S/C18H16BrN5O3/c1-10-7-13(19)8-11(2)16(10)20-18(25)17-12(3)23(22-21-17)14-5-4-6-15(9-14)24(26)27/h4-9H,1-3H3,(H,20,25). The van der Waals surface area contributed by atoms with E-state index < -0.39 is 10.8 Å². The maximum Gasteiger partial charge on any atom is 0.278 e. The van der Waals surface area contributed by atoms with Crippen LogP contribution in [-0.4, -0.2) is 25.8 Å². The maximum absolute atomic E-state index is 12.7. The van der Waals surface area contributed by atoms with Crippen molar-refractivity contribution in [2.75, 3.05) is 5.32 Å². The van der Waals surface area contributed by atoms with Crippen molar-refractivity contribution in [1.29, 1.82) is 0 Å². The Morgan fingerprint density at radius 1 is 1.19 bits per heavy atom. The van der Waals surface area contributed by atoms with E-state index in [-0.39, 0.29) is 11.4 Å². The van der Waals surface area contributed by atoms with Gasteiger partial charge in [0.15, 0.2) is 5.69 Å². The molecule has 0 saturated carbocycles. The van der Waals surface area contributed by atoms with Crippen LogP contribution in [0.15, 0.2) is 40.9 Å². The summed E-state index contributed by atoms with van der Waals surface area (Å²) in [6, 6.07) is 9.82. The zero-order valence-electron chi connectivity index (χ0n) is 14.9. The summed E-state index contributed by atoms with van der Waals surface area (Å²) in [6.45, 7) is 5.50. The summed E-state index contributed by atoms with van der Waals surface area (Å²) in [6.07, 6.45) is 0. The molecule has 1 amide bonds. The largest absolute Gasteiger partial charge is 0.320 e. The Morgan fingerprint density at radius 2 is 1.85 bits per heavy atom. The minimum Gasteiger partial charge on any atom is -0.320 e. The lowest BCUT2D eigenvalue weighted by Gasteiger charge is -2.11. The molecular formula is C18H16BrN5O3. The summed E-state index contributed by atoms with van der Waals surface area (Å²) in [5.74, 6) is -0.391. The number of carbonyl (C=O) groups excluding carboxylic acids is 1. The molecule has 0 aliphatic rings. The van der Waals surface area contributed by atoms with E-state index in [1.807, 2.05) is 26.0 Å². The fourth-order valence-corrected chi connectivity index (χ4v) is 3.49. The fourth-order valence-electron chi connectivity index (χ4n) is 2.80. The van der Waals surface area contributed by atoms with Gasteiger partial charge in [-0.15, -0.1) is 5.10 Å². The van der Waals surface area contributed by atoms with Crippen LogP contribution in [0.25, 0.3) is 5.69 Å². The molecule has 8 nitrogen and oxygen atoms in total. The molecule has 0 aliphatic carbocycles. The molecule has 0 spiro atoms. The van der Waals surface area contributed by atoms with Gasteiger partial charge < -0.3 is 5.32 Å². The van der Waals surface area contributed by atoms with Gasteiger partial charge in [0, 0.05) is 22.3 Å². The van der Waals surface area contributed by atoms with E-state index >= 15 is 0 Å². The normalized spacial score (nSPS) is 10.7. The molecule has 3 rings (SSSR count). The number of hydrogen-bond acceptors (Lipinski definition) is 5. The van der Waals surface area contributed by atoms with Gasteiger partial charge in [0.1, 0.15) is 0 Å². The third kappa shape index (κ3) is 3.72. The van der Waals surface area contributed by atoms with E-state index in [2.05, 4.69) is 31.6 Å². The van der Waals surface area contributed by atoms with Gasteiger partial charge >= 0.3 is 0 Å². The summed E-state index contributed by atoms with van der Waals surface area (Å²) < 4.78 is 2.34. The number of hydrogen-bond donors (Lipinski definition) is 1. The minimum absolute atomic E-state index is 0.0606. The quantitative estimate of drug-likeness (QED) is 0.496. The number of aryl methyl sites for hydroxylation is 2. The molecule has 0 fully saturated rings. The number of carbonyl (C=O) groups is 1. The average Bonchev–Trinajstić information content (AvgIpc) is 2.99. The molecule has 138 valence electrons.